The van der Waals surface area contributed by atoms with Crippen molar-refractivity contribution in [1.29, 1.82) is 0 Å². The second kappa shape index (κ2) is 36.5. The van der Waals surface area contributed by atoms with Gasteiger partial charge in [-0.15, -0.1) is 0 Å². The monoisotopic (exact) mass is 803 g/mol. The molecule has 4 nitrogen and oxygen atoms in total. The molecule has 0 saturated heterocycles. The quantitative estimate of drug-likeness (QED) is 0.0411. The molecule has 1 rings (SSSR count). The molecule has 0 unspecified atom stereocenters. The summed E-state index contributed by atoms with van der Waals surface area (Å²) in [6.07, 6.45) is 42.8. The molecule has 6 heteroatoms. The number of aromatic hydroxyl groups is 1. The molecule has 0 spiro atoms. The van der Waals surface area contributed by atoms with Crippen LogP contribution in [0.2, 0.25) is 0 Å². The summed E-state index contributed by atoms with van der Waals surface area (Å²) >= 11 is 0. The summed E-state index contributed by atoms with van der Waals surface area (Å²) in [5.41, 5.74) is 2.41. The van der Waals surface area contributed by atoms with Crippen LogP contribution < -0.4 is 0 Å². The first-order chi connectivity index (χ1) is 25.6. The van der Waals surface area contributed by atoms with E-state index in [1.54, 1.807) is 0 Å². The van der Waals surface area contributed by atoms with Crippen LogP contribution in [0, 0.1) is 6.92 Å². The summed E-state index contributed by atoms with van der Waals surface area (Å²) in [7, 11) is -3.31. The topological polar surface area (TPSA) is 55.8 Å². The van der Waals surface area contributed by atoms with E-state index in [4.69, 9.17) is 9.05 Å². The Hall–Kier alpha value is 0.430. The van der Waals surface area contributed by atoms with Crippen LogP contribution in [0.25, 0.3) is 0 Å². The van der Waals surface area contributed by atoms with Gasteiger partial charge < -0.3 is 14.2 Å². The molecule has 54 heavy (non-hydrogen) atoms. The SMILES string of the molecule is CCCCCCCCCCCCCCCCCCOP(=O)(Cc1cc(C)c(O)c(C(C)(C)C)c1)OCCCCCCCCCCCCCCCCCC.[Ca]. The van der Waals surface area contributed by atoms with Gasteiger partial charge in [0.25, 0.3) is 0 Å². The summed E-state index contributed by atoms with van der Waals surface area (Å²) in [4.78, 5) is 0. The average molecular weight is 803 g/mol. The van der Waals surface area contributed by atoms with Crippen molar-refractivity contribution in [2.24, 2.45) is 0 Å². The van der Waals surface area contributed by atoms with Crippen LogP contribution in [-0.2, 0) is 25.2 Å². The van der Waals surface area contributed by atoms with Crippen molar-refractivity contribution in [2.75, 3.05) is 13.2 Å². The Balaban J connectivity index is 0.0000281. The molecule has 2 radical (unpaired) electrons. The first kappa shape index (κ1) is 54.4. The van der Waals surface area contributed by atoms with Crippen LogP contribution in [0.3, 0.4) is 0 Å². The number of unbranched alkanes of at least 4 members (excludes halogenated alkanes) is 30. The van der Waals surface area contributed by atoms with Crippen molar-refractivity contribution in [3.63, 3.8) is 0 Å². The van der Waals surface area contributed by atoms with Crippen molar-refractivity contribution in [3.05, 3.63) is 28.8 Å². The molecule has 1 aromatic rings. The van der Waals surface area contributed by atoms with Crippen molar-refractivity contribution >= 4 is 45.3 Å². The third-order valence-corrected chi connectivity index (χ3v) is 13.0. The van der Waals surface area contributed by atoms with Gasteiger partial charge in [-0.3, -0.25) is 4.57 Å². The fraction of sp³-hybridized carbons (Fsp3) is 0.875. The Morgan fingerprint density at radius 3 is 1.06 bits per heavy atom. The Morgan fingerprint density at radius 2 is 0.778 bits per heavy atom. The Bertz CT molecular complexity index is 981. The van der Waals surface area contributed by atoms with Gasteiger partial charge in [-0.2, -0.15) is 0 Å². The van der Waals surface area contributed by atoms with Crippen LogP contribution in [0.4, 0.5) is 0 Å². The molecule has 0 fully saturated rings. The fourth-order valence-electron chi connectivity index (χ4n) is 7.58. The van der Waals surface area contributed by atoms with E-state index in [0.29, 0.717) is 19.0 Å². The maximum Gasteiger partial charge on any atom is 0.335 e. The van der Waals surface area contributed by atoms with Gasteiger partial charge in [0.1, 0.15) is 5.75 Å². The first-order valence-corrected chi connectivity index (χ1v) is 25.1. The van der Waals surface area contributed by atoms with E-state index >= 15 is 0 Å². The maximum absolute atomic E-state index is 14.2. The minimum Gasteiger partial charge on any atom is -0.507 e. The molecule has 0 aliphatic carbocycles. The van der Waals surface area contributed by atoms with Crippen molar-refractivity contribution in [2.45, 2.75) is 259 Å². The van der Waals surface area contributed by atoms with Crippen LogP contribution in [0.1, 0.15) is 257 Å². The molecule has 0 atom stereocenters. The zero-order chi connectivity index (χ0) is 38.9. The molecule has 0 heterocycles. The standard InChI is InChI=1S/C48H91O4P.Ca/c1-7-9-11-13-15-17-19-21-23-25-27-29-31-33-35-37-39-51-53(50,43-45-41-44(3)47(49)46(42-45)48(4,5)6)52-40-38-36-34-32-30-28-26-24-22-20-18-16-14-12-10-8-2;/h41-42,49H,7-40,43H2,1-6H3;. The molecule has 0 aliphatic heterocycles. The predicted molar refractivity (Wildman–Crippen MR) is 240 cm³/mol. The molecule has 1 aromatic carbocycles. The minimum absolute atomic E-state index is 0. The van der Waals surface area contributed by atoms with Gasteiger partial charge >= 0.3 is 7.60 Å². The molecular formula is C48H91CaO4P. The third kappa shape index (κ3) is 30.5. The Labute approximate surface area is 367 Å². The summed E-state index contributed by atoms with van der Waals surface area (Å²) in [5, 5.41) is 10.8. The minimum atomic E-state index is -3.31. The van der Waals surface area contributed by atoms with Gasteiger partial charge in [-0.25, -0.2) is 0 Å². The number of aryl methyl sites for hydroxylation is 1. The molecule has 1 N–H and O–H groups in total. The van der Waals surface area contributed by atoms with E-state index < -0.39 is 7.60 Å². The fourth-order valence-corrected chi connectivity index (χ4v) is 9.28. The van der Waals surface area contributed by atoms with Gasteiger partial charge in [0.15, 0.2) is 0 Å². The van der Waals surface area contributed by atoms with E-state index in [-0.39, 0.29) is 49.3 Å². The predicted octanol–water partition coefficient (Wildman–Crippen LogP) is 16.9. The van der Waals surface area contributed by atoms with Crippen LogP contribution >= 0.6 is 7.60 Å². The van der Waals surface area contributed by atoms with Crippen LogP contribution in [0.15, 0.2) is 12.1 Å². The van der Waals surface area contributed by atoms with E-state index in [2.05, 4.69) is 34.6 Å². The summed E-state index contributed by atoms with van der Waals surface area (Å²) in [5.74, 6) is 0.333. The van der Waals surface area contributed by atoms with E-state index in [1.807, 2.05) is 19.1 Å². The molecule has 0 saturated carbocycles. The molecule has 0 amide bonds. The number of phenols is 1. The third-order valence-electron chi connectivity index (χ3n) is 11.1. The average Bonchev–Trinajstić information content (AvgIpc) is 3.12. The maximum atomic E-state index is 14.2. The molecular weight excluding hydrogens is 712 g/mol. The molecule has 314 valence electrons. The second-order valence-corrected chi connectivity index (χ2v) is 19.7. The summed E-state index contributed by atoms with van der Waals surface area (Å²) in [6.45, 7) is 13.8. The van der Waals surface area contributed by atoms with E-state index in [1.165, 1.54) is 180 Å². The molecule has 0 aromatic heterocycles. The van der Waals surface area contributed by atoms with Crippen LogP contribution in [0.5, 0.6) is 5.75 Å². The summed E-state index contributed by atoms with van der Waals surface area (Å²) < 4.78 is 26.4. The number of benzene rings is 1. The largest absolute Gasteiger partial charge is 0.507 e. The van der Waals surface area contributed by atoms with Gasteiger partial charge in [0.2, 0.25) is 0 Å². The van der Waals surface area contributed by atoms with E-state index in [0.717, 1.165) is 42.4 Å². The van der Waals surface area contributed by atoms with Gasteiger partial charge in [-0.1, -0.05) is 239 Å². The van der Waals surface area contributed by atoms with Crippen molar-refractivity contribution in [1.82, 2.24) is 0 Å². The number of phenolic OH excluding ortho intramolecular Hbond substituents is 1. The number of hydrogen-bond acceptors (Lipinski definition) is 4. The second-order valence-electron chi connectivity index (χ2n) is 17.6. The zero-order valence-electron chi connectivity index (χ0n) is 37.2. The van der Waals surface area contributed by atoms with Gasteiger partial charge in [0, 0.05) is 37.7 Å². The Kier molecular flexibility index (Phi) is 36.8. The van der Waals surface area contributed by atoms with Crippen molar-refractivity contribution in [3.8, 4) is 5.75 Å². The smallest absolute Gasteiger partial charge is 0.335 e. The first-order valence-electron chi connectivity index (χ1n) is 23.3. The normalized spacial score (nSPS) is 12.0. The van der Waals surface area contributed by atoms with Gasteiger partial charge in [-0.05, 0) is 41.9 Å². The Morgan fingerprint density at radius 1 is 0.500 bits per heavy atom. The van der Waals surface area contributed by atoms with Gasteiger partial charge in [0.05, 0.1) is 19.4 Å². The van der Waals surface area contributed by atoms with E-state index in [9.17, 15) is 9.67 Å². The van der Waals surface area contributed by atoms with Crippen molar-refractivity contribution < 1.29 is 18.7 Å². The molecule has 0 bridgehead atoms. The zero-order valence-corrected chi connectivity index (χ0v) is 40.3. The summed E-state index contributed by atoms with van der Waals surface area (Å²) in [6, 6.07) is 3.96. The van der Waals surface area contributed by atoms with Crippen LogP contribution in [-0.4, -0.2) is 56.1 Å². The number of hydrogen-bond donors (Lipinski definition) is 1. The number of rotatable bonds is 38. The molecule has 0 aliphatic rings.